The van der Waals surface area contributed by atoms with Crippen molar-refractivity contribution in [1.29, 1.82) is 0 Å². The number of phenolic OH excluding ortho intramolecular Hbond substituents is 2. The van der Waals surface area contributed by atoms with Crippen LogP contribution in [0.4, 0.5) is 0 Å². The summed E-state index contributed by atoms with van der Waals surface area (Å²) in [4.78, 5) is 0. The lowest BCUT2D eigenvalue weighted by Gasteiger charge is -2.18. The van der Waals surface area contributed by atoms with E-state index < -0.39 is 5.60 Å². The third-order valence-corrected chi connectivity index (χ3v) is 2.90. The van der Waals surface area contributed by atoms with Crippen molar-refractivity contribution in [2.75, 3.05) is 0 Å². The molecule has 0 aliphatic carbocycles. The lowest BCUT2D eigenvalue weighted by molar-refractivity contribution is 0.0803. The molecule has 3 nitrogen and oxygen atoms in total. The van der Waals surface area contributed by atoms with Gasteiger partial charge >= 0.3 is 0 Å². The maximum Gasteiger partial charge on any atom is 0.118 e. The maximum absolute atomic E-state index is 9.85. The summed E-state index contributed by atoms with van der Waals surface area (Å²) in [5.74, 6) is 0.406. The third kappa shape index (κ3) is 3.48. The van der Waals surface area contributed by atoms with Crippen LogP contribution in [0.25, 0.3) is 11.1 Å². The first kappa shape index (κ1) is 13.4. The van der Waals surface area contributed by atoms with Gasteiger partial charge in [-0.15, -0.1) is 0 Å². The fourth-order valence-corrected chi connectivity index (χ4v) is 2.03. The van der Waals surface area contributed by atoms with Crippen molar-refractivity contribution < 1.29 is 15.3 Å². The molecule has 2 rings (SSSR count). The van der Waals surface area contributed by atoms with Gasteiger partial charge in [0.1, 0.15) is 11.5 Å². The Balaban J connectivity index is 2.38. The Labute approximate surface area is 112 Å². The number of hydrogen-bond acceptors (Lipinski definition) is 3. The summed E-state index contributed by atoms with van der Waals surface area (Å²) in [6, 6.07) is 12.2. The van der Waals surface area contributed by atoms with Gasteiger partial charge < -0.3 is 15.3 Å². The zero-order valence-corrected chi connectivity index (χ0v) is 11.1. The van der Waals surface area contributed by atoms with Gasteiger partial charge in [-0.3, -0.25) is 0 Å². The average molecular weight is 258 g/mol. The van der Waals surface area contributed by atoms with Gasteiger partial charge in [0.05, 0.1) is 5.60 Å². The van der Waals surface area contributed by atoms with E-state index in [9.17, 15) is 15.3 Å². The smallest absolute Gasteiger partial charge is 0.118 e. The Morgan fingerprint density at radius 1 is 0.895 bits per heavy atom. The predicted octanol–water partition coefficient (Wildman–Crippen LogP) is 3.08. The fraction of sp³-hybridized carbons (Fsp3) is 0.250. The zero-order chi connectivity index (χ0) is 14.0. The predicted molar refractivity (Wildman–Crippen MR) is 75.2 cm³/mol. The Kier molecular flexibility index (Phi) is 3.49. The molecule has 0 aromatic heterocycles. The highest BCUT2D eigenvalue weighted by molar-refractivity contribution is 5.66. The number of hydrogen-bond donors (Lipinski definition) is 3. The molecule has 0 atom stereocenters. The standard InChI is InChI=1S/C16H18O3/c1-16(2,19)10-13-9-12(5-8-15(13)18)11-3-6-14(17)7-4-11/h3-9,17-19H,10H2,1-2H3. The topological polar surface area (TPSA) is 60.7 Å². The molecular formula is C16H18O3. The molecule has 0 amide bonds. The van der Waals surface area contributed by atoms with Crippen LogP contribution in [0, 0.1) is 0 Å². The molecular weight excluding hydrogens is 240 g/mol. The Bertz CT molecular complexity index is 566. The van der Waals surface area contributed by atoms with Crippen LogP contribution in [-0.2, 0) is 6.42 Å². The first-order valence-corrected chi connectivity index (χ1v) is 6.19. The van der Waals surface area contributed by atoms with Crippen LogP contribution in [0.5, 0.6) is 11.5 Å². The van der Waals surface area contributed by atoms with Crippen molar-refractivity contribution in [3.05, 3.63) is 48.0 Å². The van der Waals surface area contributed by atoms with Crippen LogP contribution < -0.4 is 0 Å². The third-order valence-electron chi connectivity index (χ3n) is 2.90. The number of phenols is 2. The van der Waals surface area contributed by atoms with Gasteiger partial charge in [-0.2, -0.15) is 0 Å². The monoisotopic (exact) mass is 258 g/mol. The molecule has 2 aromatic rings. The molecule has 0 saturated heterocycles. The summed E-state index contributed by atoms with van der Waals surface area (Å²) in [6.45, 7) is 3.42. The van der Waals surface area contributed by atoms with Gasteiger partial charge in [0.25, 0.3) is 0 Å². The Hall–Kier alpha value is -2.00. The molecule has 0 aliphatic rings. The molecule has 3 N–H and O–H groups in total. The summed E-state index contributed by atoms with van der Waals surface area (Å²) in [5.41, 5.74) is 1.73. The maximum atomic E-state index is 9.85. The van der Waals surface area contributed by atoms with Gasteiger partial charge in [0.2, 0.25) is 0 Å². The number of rotatable bonds is 3. The summed E-state index contributed by atoms with van der Waals surface area (Å²) in [5, 5.41) is 29.0. The van der Waals surface area contributed by atoms with E-state index in [-0.39, 0.29) is 11.5 Å². The lowest BCUT2D eigenvalue weighted by atomic mass is 9.94. The van der Waals surface area contributed by atoms with Crippen molar-refractivity contribution in [2.45, 2.75) is 25.9 Å². The SMILES string of the molecule is CC(C)(O)Cc1cc(-c2ccc(O)cc2)ccc1O. The van der Waals surface area contributed by atoms with Crippen molar-refractivity contribution in [1.82, 2.24) is 0 Å². The second-order valence-corrected chi connectivity index (χ2v) is 5.38. The molecule has 0 aliphatic heterocycles. The van der Waals surface area contributed by atoms with E-state index in [0.717, 1.165) is 11.1 Å². The highest BCUT2D eigenvalue weighted by Gasteiger charge is 2.16. The largest absolute Gasteiger partial charge is 0.508 e. The molecule has 0 spiro atoms. The Morgan fingerprint density at radius 3 is 2.05 bits per heavy atom. The summed E-state index contributed by atoms with van der Waals surface area (Å²) < 4.78 is 0. The van der Waals surface area contributed by atoms with Crippen LogP contribution in [0.3, 0.4) is 0 Å². The van der Waals surface area contributed by atoms with Crippen LogP contribution in [0.15, 0.2) is 42.5 Å². The van der Waals surface area contributed by atoms with Crippen molar-refractivity contribution >= 4 is 0 Å². The van der Waals surface area contributed by atoms with Crippen molar-refractivity contribution in [3.63, 3.8) is 0 Å². The first-order chi connectivity index (χ1) is 8.85. The molecule has 2 aromatic carbocycles. The molecule has 0 heterocycles. The Morgan fingerprint density at radius 2 is 1.47 bits per heavy atom. The molecule has 0 saturated carbocycles. The van der Waals surface area contributed by atoms with Crippen molar-refractivity contribution in [3.8, 4) is 22.6 Å². The van der Waals surface area contributed by atoms with E-state index >= 15 is 0 Å². The molecule has 0 bridgehead atoms. The number of benzene rings is 2. The quantitative estimate of drug-likeness (QED) is 0.793. The average Bonchev–Trinajstić information content (AvgIpc) is 2.31. The zero-order valence-electron chi connectivity index (χ0n) is 11.1. The second kappa shape index (κ2) is 4.94. The molecule has 0 radical (unpaired) electrons. The lowest BCUT2D eigenvalue weighted by Crippen LogP contribution is -2.21. The van der Waals surface area contributed by atoms with Crippen LogP contribution in [-0.4, -0.2) is 20.9 Å². The van der Waals surface area contributed by atoms with E-state index in [2.05, 4.69) is 0 Å². The second-order valence-electron chi connectivity index (χ2n) is 5.38. The fourth-order valence-electron chi connectivity index (χ4n) is 2.03. The van der Waals surface area contributed by atoms with Gasteiger partial charge in [-0.05, 0) is 54.8 Å². The van der Waals surface area contributed by atoms with E-state index in [1.807, 2.05) is 24.3 Å². The minimum atomic E-state index is -0.870. The molecule has 0 unspecified atom stereocenters. The molecule has 100 valence electrons. The highest BCUT2D eigenvalue weighted by atomic mass is 16.3. The number of aromatic hydroxyl groups is 2. The number of aliphatic hydroxyl groups is 1. The van der Waals surface area contributed by atoms with Gasteiger partial charge in [0, 0.05) is 6.42 Å². The van der Waals surface area contributed by atoms with Crippen LogP contribution >= 0.6 is 0 Å². The van der Waals surface area contributed by atoms with Gasteiger partial charge in [-0.25, -0.2) is 0 Å². The van der Waals surface area contributed by atoms with Crippen LogP contribution in [0.1, 0.15) is 19.4 Å². The van der Waals surface area contributed by atoms with E-state index in [1.54, 1.807) is 32.0 Å². The first-order valence-electron chi connectivity index (χ1n) is 6.19. The molecule has 19 heavy (non-hydrogen) atoms. The van der Waals surface area contributed by atoms with Gasteiger partial charge in [-0.1, -0.05) is 18.2 Å². The van der Waals surface area contributed by atoms with Gasteiger partial charge in [0.15, 0.2) is 0 Å². The normalized spacial score (nSPS) is 11.5. The highest BCUT2D eigenvalue weighted by Crippen LogP contribution is 2.29. The van der Waals surface area contributed by atoms with Crippen molar-refractivity contribution in [2.24, 2.45) is 0 Å². The minimum absolute atomic E-state index is 0.185. The summed E-state index contributed by atoms with van der Waals surface area (Å²) in [6.07, 6.45) is 0.380. The summed E-state index contributed by atoms with van der Waals surface area (Å²) in [7, 11) is 0. The molecule has 0 fully saturated rings. The summed E-state index contributed by atoms with van der Waals surface area (Å²) >= 11 is 0. The van der Waals surface area contributed by atoms with E-state index in [4.69, 9.17) is 0 Å². The van der Waals surface area contributed by atoms with E-state index in [0.29, 0.717) is 12.0 Å². The van der Waals surface area contributed by atoms with Crippen LogP contribution in [0.2, 0.25) is 0 Å². The van der Waals surface area contributed by atoms with E-state index in [1.165, 1.54) is 0 Å². The molecule has 3 heteroatoms. The minimum Gasteiger partial charge on any atom is -0.508 e.